The van der Waals surface area contributed by atoms with Crippen molar-refractivity contribution in [2.45, 2.75) is 43.9 Å². The predicted octanol–water partition coefficient (Wildman–Crippen LogP) is 2.55. The third kappa shape index (κ3) is 4.35. The van der Waals surface area contributed by atoms with E-state index in [9.17, 15) is 23.0 Å². The van der Waals surface area contributed by atoms with Crippen molar-refractivity contribution >= 4 is 15.7 Å². The molecule has 0 bridgehead atoms. The van der Waals surface area contributed by atoms with Crippen LogP contribution in [0.3, 0.4) is 0 Å². The number of hydrogen-bond donors (Lipinski definition) is 2. The Morgan fingerprint density at radius 1 is 1.19 bits per heavy atom. The number of benzene rings is 2. The number of nitrogens with zero attached hydrogens (tertiary/aromatic N) is 2. The van der Waals surface area contributed by atoms with Gasteiger partial charge in [-0.05, 0) is 49.4 Å². The van der Waals surface area contributed by atoms with Crippen LogP contribution >= 0.6 is 0 Å². The summed E-state index contributed by atoms with van der Waals surface area (Å²) in [5.41, 5.74) is 1.49. The van der Waals surface area contributed by atoms with Gasteiger partial charge in [0.2, 0.25) is 10.0 Å². The summed E-state index contributed by atoms with van der Waals surface area (Å²) in [5.74, 6) is -0.394. The van der Waals surface area contributed by atoms with Crippen molar-refractivity contribution < 1.29 is 23.0 Å². The van der Waals surface area contributed by atoms with Gasteiger partial charge in [-0.25, -0.2) is 12.8 Å². The Hall–Kier alpha value is -2.00. The fourth-order valence-electron chi connectivity index (χ4n) is 4.90. The highest BCUT2D eigenvalue weighted by Gasteiger charge is 2.37. The van der Waals surface area contributed by atoms with Gasteiger partial charge in [-0.15, -0.1) is 0 Å². The zero-order valence-electron chi connectivity index (χ0n) is 17.8. The number of piperidine rings is 1. The Bertz CT molecular complexity index is 1070. The normalized spacial score (nSPS) is 22.4. The second kappa shape index (κ2) is 8.16. The molecule has 2 aromatic rings. The molecule has 2 unspecified atom stereocenters. The molecule has 2 aromatic carbocycles. The lowest BCUT2D eigenvalue weighted by molar-refractivity contribution is -0.0367. The topological polar surface area (TPSA) is 81.1 Å². The molecule has 0 amide bonds. The highest BCUT2D eigenvalue weighted by Crippen LogP contribution is 2.37. The zero-order chi connectivity index (χ0) is 22.4. The molecule has 2 heterocycles. The van der Waals surface area contributed by atoms with Gasteiger partial charge in [0, 0.05) is 31.2 Å². The summed E-state index contributed by atoms with van der Waals surface area (Å²) in [6, 6.07) is 11.6. The molecule has 2 aliphatic heterocycles. The van der Waals surface area contributed by atoms with E-state index in [2.05, 4.69) is 4.90 Å². The average Bonchev–Trinajstić information content (AvgIpc) is 3.05. The van der Waals surface area contributed by atoms with Crippen molar-refractivity contribution in [2.24, 2.45) is 0 Å². The van der Waals surface area contributed by atoms with Crippen LogP contribution in [0.25, 0.3) is 0 Å². The van der Waals surface area contributed by atoms with Crippen molar-refractivity contribution in [3.8, 4) is 0 Å². The minimum atomic E-state index is -3.35. The summed E-state index contributed by atoms with van der Waals surface area (Å²) < 4.78 is 39.7. The molecule has 6 nitrogen and oxygen atoms in total. The van der Waals surface area contributed by atoms with Gasteiger partial charge in [-0.2, -0.15) is 0 Å². The molecule has 1 saturated heterocycles. The van der Waals surface area contributed by atoms with Crippen LogP contribution < -0.4 is 4.31 Å². The van der Waals surface area contributed by atoms with E-state index in [1.165, 1.54) is 16.6 Å². The standard InChI is InChI=1S/C23H29FN2O4S/c1-16-13-18-14-17(7-8-21(18)26(16)31(2,29)30)22(27)15-25-11-9-23(28,10-12-25)19-5-3-4-6-20(19)24/h3-8,14,16,22,27-28H,9-13,15H2,1-2H3. The van der Waals surface area contributed by atoms with Crippen LogP contribution in [0.2, 0.25) is 0 Å². The van der Waals surface area contributed by atoms with E-state index in [0.29, 0.717) is 50.1 Å². The van der Waals surface area contributed by atoms with E-state index < -0.39 is 27.5 Å². The number of aliphatic hydroxyl groups excluding tert-OH is 1. The van der Waals surface area contributed by atoms with Crippen LogP contribution in [0.1, 0.15) is 42.6 Å². The fourth-order valence-corrected chi connectivity index (χ4v) is 6.16. The number of sulfonamides is 1. The summed E-state index contributed by atoms with van der Waals surface area (Å²) in [7, 11) is -3.35. The van der Waals surface area contributed by atoms with E-state index in [1.807, 2.05) is 13.0 Å². The highest BCUT2D eigenvalue weighted by molar-refractivity contribution is 7.92. The molecular formula is C23H29FN2O4S. The predicted molar refractivity (Wildman–Crippen MR) is 118 cm³/mol. The van der Waals surface area contributed by atoms with Crippen LogP contribution in [0.5, 0.6) is 0 Å². The maximum atomic E-state index is 14.1. The van der Waals surface area contributed by atoms with Crippen molar-refractivity contribution in [1.29, 1.82) is 0 Å². The number of β-amino-alcohol motifs (C(OH)–C–C–N with tert-alkyl or cyclic N) is 1. The number of likely N-dealkylation sites (tertiary alicyclic amines) is 1. The molecule has 0 spiro atoms. The Balaban J connectivity index is 1.42. The van der Waals surface area contributed by atoms with Crippen molar-refractivity contribution in [1.82, 2.24) is 4.90 Å². The maximum Gasteiger partial charge on any atom is 0.232 e. The molecule has 168 valence electrons. The van der Waals surface area contributed by atoms with Crippen molar-refractivity contribution in [2.75, 3.05) is 30.2 Å². The van der Waals surface area contributed by atoms with E-state index in [1.54, 1.807) is 30.3 Å². The molecular weight excluding hydrogens is 419 g/mol. The lowest BCUT2D eigenvalue weighted by Crippen LogP contribution is -2.44. The molecule has 4 rings (SSSR count). The molecule has 0 aromatic heterocycles. The number of anilines is 1. The lowest BCUT2D eigenvalue weighted by atomic mass is 9.84. The molecule has 2 atom stereocenters. The van der Waals surface area contributed by atoms with Crippen LogP contribution in [0.15, 0.2) is 42.5 Å². The molecule has 0 radical (unpaired) electrons. The minimum absolute atomic E-state index is 0.143. The first-order valence-electron chi connectivity index (χ1n) is 10.6. The molecule has 0 aliphatic carbocycles. The third-order valence-corrected chi connectivity index (χ3v) is 7.76. The lowest BCUT2D eigenvalue weighted by Gasteiger charge is -2.39. The van der Waals surface area contributed by atoms with Crippen LogP contribution in [0.4, 0.5) is 10.1 Å². The zero-order valence-corrected chi connectivity index (χ0v) is 18.6. The van der Waals surface area contributed by atoms with Crippen LogP contribution in [-0.2, 0) is 22.0 Å². The van der Waals surface area contributed by atoms with Gasteiger partial charge >= 0.3 is 0 Å². The van der Waals surface area contributed by atoms with E-state index in [0.717, 1.165) is 11.1 Å². The summed E-state index contributed by atoms with van der Waals surface area (Å²) in [6.45, 7) is 3.37. The number of aliphatic hydroxyl groups is 2. The largest absolute Gasteiger partial charge is 0.387 e. The minimum Gasteiger partial charge on any atom is -0.387 e. The van der Waals surface area contributed by atoms with Gasteiger partial charge < -0.3 is 15.1 Å². The number of fused-ring (bicyclic) bond motifs is 1. The summed E-state index contributed by atoms with van der Waals surface area (Å²) in [5, 5.41) is 21.7. The van der Waals surface area contributed by atoms with Gasteiger partial charge in [-0.3, -0.25) is 4.31 Å². The molecule has 2 N–H and O–H groups in total. The molecule has 31 heavy (non-hydrogen) atoms. The SMILES string of the molecule is CC1Cc2cc(C(O)CN3CCC(O)(c4ccccc4F)CC3)ccc2N1S(C)(=O)=O. The molecule has 1 fully saturated rings. The fraction of sp³-hybridized carbons (Fsp3) is 0.478. The van der Waals surface area contributed by atoms with Gasteiger partial charge in [0.05, 0.1) is 23.6 Å². The van der Waals surface area contributed by atoms with Gasteiger partial charge in [0.25, 0.3) is 0 Å². The average molecular weight is 449 g/mol. The second-order valence-electron chi connectivity index (χ2n) is 8.83. The Morgan fingerprint density at radius 3 is 2.52 bits per heavy atom. The Labute approximate surface area is 183 Å². The molecule has 2 aliphatic rings. The first kappa shape index (κ1) is 22.2. The second-order valence-corrected chi connectivity index (χ2v) is 10.7. The van der Waals surface area contributed by atoms with Gasteiger partial charge in [0.1, 0.15) is 5.82 Å². The monoisotopic (exact) mass is 448 g/mol. The van der Waals surface area contributed by atoms with E-state index in [-0.39, 0.29) is 6.04 Å². The molecule has 8 heteroatoms. The number of halogens is 1. The first-order chi connectivity index (χ1) is 14.6. The maximum absolute atomic E-state index is 14.1. The number of hydrogen-bond acceptors (Lipinski definition) is 5. The van der Waals surface area contributed by atoms with Crippen LogP contribution in [0, 0.1) is 5.82 Å². The Morgan fingerprint density at radius 2 is 1.87 bits per heavy atom. The Kier molecular flexibility index (Phi) is 5.85. The smallest absolute Gasteiger partial charge is 0.232 e. The summed E-state index contributed by atoms with van der Waals surface area (Å²) >= 11 is 0. The quantitative estimate of drug-likeness (QED) is 0.735. The van der Waals surface area contributed by atoms with Gasteiger partial charge in [0.15, 0.2) is 0 Å². The van der Waals surface area contributed by atoms with E-state index in [4.69, 9.17) is 0 Å². The number of rotatable bonds is 5. The van der Waals surface area contributed by atoms with Crippen molar-refractivity contribution in [3.05, 3.63) is 65.0 Å². The first-order valence-corrected chi connectivity index (χ1v) is 12.4. The summed E-state index contributed by atoms with van der Waals surface area (Å²) in [4.78, 5) is 2.07. The van der Waals surface area contributed by atoms with E-state index >= 15 is 0 Å². The third-order valence-electron chi connectivity index (χ3n) is 6.49. The highest BCUT2D eigenvalue weighted by atomic mass is 32.2. The summed E-state index contributed by atoms with van der Waals surface area (Å²) in [6.07, 6.45) is 1.88. The van der Waals surface area contributed by atoms with Gasteiger partial charge in [-0.1, -0.05) is 30.3 Å². The van der Waals surface area contributed by atoms with Crippen molar-refractivity contribution in [3.63, 3.8) is 0 Å². The molecule has 0 saturated carbocycles. The van der Waals surface area contributed by atoms with Crippen LogP contribution in [-0.4, -0.2) is 55.5 Å².